The molecule has 6 heteroatoms. The number of morpholine rings is 1. The average molecular weight is 326 g/mol. The molecule has 132 valence electrons. The van der Waals surface area contributed by atoms with Gasteiger partial charge in [-0.3, -0.25) is 4.90 Å². The van der Waals surface area contributed by atoms with Crippen LogP contribution in [0.1, 0.15) is 39.5 Å². The fraction of sp³-hybridized carbons (Fsp3) is 0.941. The van der Waals surface area contributed by atoms with E-state index in [9.17, 15) is 4.79 Å². The van der Waals surface area contributed by atoms with E-state index in [1.807, 2.05) is 0 Å². The third-order valence-corrected chi connectivity index (χ3v) is 5.39. The highest BCUT2D eigenvalue weighted by molar-refractivity contribution is 5.67. The van der Waals surface area contributed by atoms with E-state index in [0.717, 1.165) is 26.0 Å². The minimum absolute atomic E-state index is 0.181. The molecular weight excluding hydrogens is 296 g/mol. The maximum Gasteiger partial charge on any atom is 0.409 e. The van der Waals surface area contributed by atoms with E-state index in [0.29, 0.717) is 39.0 Å². The molecule has 0 saturated carbocycles. The Morgan fingerprint density at radius 1 is 1.26 bits per heavy atom. The second-order valence-electron chi connectivity index (χ2n) is 7.25. The predicted molar refractivity (Wildman–Crippen MR) is 86.5 cm³/mol. The lowest BCUT2D eigenvalue weighted by atomic mass is 9.95. The Balaban J connectivity index is 1.50. The maximum atomic E-state index is 12.1. The topological polar surface area (TPSA) is 51.2 Å². The zero-order valence-corrected chi connectivity index (χ0v) is 14.5. The van der Waals surface area contributed by atoms with Gasteiger partial charge in [0.05, 0.1) is 25.9 Å². The van der Waals surface area contributed by atoms with Crippen LogP contribution in [0.4, 0.5) is 4.79 Å². The monoisotopic (exact) mass is 326 g/mol. The van der Waals surface area contributed by atoms with Crippen molar-refractivity contribution in [2.75, 3.05) is 46.1 Å². The van der Waals surface area contributed by atoms with E-state index in [2.05, 4.69) is 18.7 Å². The van der Waals surface area contributed by atoms with Gasteiger partial charge in [-0.2, -0.15) is 0 Å². The van der Waals surface area contributed by atoms with Crippen molar-refractivity contribution in [2.45, 2.75) is 57.2 Å². The summed E-state index contributed by atoms with van der Waals surface area (Å²) in [4.78, 5) is 16.4. The molecule has 0 N–H and O–H groups in total. The van der Waals surface area contributed by atoms with Crippen LogP contribution in [0, 0.1) is 0 Å². The summed E-state index contributed by atoms with van der Waals surface area (Å²) in [5.74, 6) is 0. The van der Waals surface area contributed by atoms with Gasteiger partial charge < -0.3 is 19.1 Å². The van der Waals surface area contributed by atoms with E-state index < -0.39 is 0 Å². The number of nitrogens with zero attached hydrogens (tertiary/aromatic N) is 2. The molecule has 0 radical (unpaired) electrons. The smallest absolute Gasteiger partial charge is 0.409 e. The molecule has 3 aliphatic heterocycles. The van der Waals surface area contributed by atoms with Crippen LogP contribution in [0.2, 0.25) is 0 Å². The van der Waals surface area contributed by atoms with Gasteiger partial charge in [0, 0.05) is 24.7 Å². The van der Waals surface area contributed by atoms with Gasteiger partial charge in [-0.1, -0.05) is 0 Å². The standard InChI is InChI=1S/C17H30N2O4/c1-14(2)23-13-17-5-3-7-19(17)15(4-6-17)12-22-16(20)18-8-10-21-11-9-18/h14-15H,3-13H2,1-2H3/t15?,17-/m1/s1. The maximum absolute atomic E-state index is 12.1. The van der Waals surface area contributed by atoms with Crippen LogP contribution in [-0.4, -0.2) is 79.6 Å². The molecule has 0 aromatic heterocycles. The Bertz CT molecular complexity index is 411. The molecule has 0 bridgehead atoms. The van der Waals surface area contributed by atoms with Gasteiger partial charge in [-0.25, -0.2) is 4.79 Å². The second-order valence-corrected chi connectivity index (χ2v) is 7.25. The summed E-state index contributed by atoms with van der Waals surface area (Å²) in [6.45, 7) is 9.08. The van der Waals surface area contributed by atoms with Crippen LogP contribution in [0.15, 0.2) is 0 Å². The van der Waals surface area contributed by atoms with Gasteiger partial charge in [-0.15, -0.1) is 0 Å². The lowest BCUT2D eigenvalue weighted by molar-refractivity contribution is -0.0155. The number of fused-ring (bicyclic) bond motifs is 1. The first-order valence-corrected chi connectivity index (χ1v) is 8.98. The summed E-state index contributed by atoms with van der Waals surface area (Å²) in [5, 5.41) is 0. The fourth-order valence-corrected chi connectivity index (χ4v) is 4.12. The molecule has 1 amide bonds. The molecule has 6 nitrogen and oxygen atoms in total. The number of carbonyl (C=O) groups excluding carboxylic acids is 1. The predicted octanol–water partition coefficient (Wildman–Crippen LogP) is 1.88. The van der Waals surface area contributed by atoms with E-state index >= 15 is 0 Å². The molecule has 2 atom stereocenters. The van der Waals surface area contributed by atoms with Gasteiger partial charge in [0.1, 0.15) is 6.61 Å². The van der Waals surface area contributed by atoms with Crippen LogP contribution < -0.4 is 0 Å². The quantitative estimate of drug-likeness (QED) is 0.772. The number of carbonyl (C=O) groups is 1. The Morgan fingerprint density at radius 2 is 2.04 bits per heavy atom. The van der Waals surface area contributed by atoms with E-state index in [4.69, 9.17) is 14.2 Å². The number of ether oxygens (including phenoxy) is 3. The van der Waals surface area contributed by atoms with Gasteiger partial charge in [0.2, 0.25) is 0 Å². The molecule has 3 rings (SSSR count). The van der Waals surface area contributed by atoms with Gasteiger partial charge in [0.25, 0.3) is 0 Å². The van der Waals surface area contributed by atoms with Crippen LogP contribution in [0.25, 0.3) is 0 Å². The van der Waals surface area contributed by atoms with Crippen molar-refractivity contribution in [2.24, 2.45) is 0 Å². The van der Waals surface area contributed by atoms with Gasteiger partial charge in [0.15, 0.2) is 0 Å². The molecule has 3 saturated heterocycles. The van der Waals surface area contributed by atoms with Crippen molar-refractivity contribution >= 4 is 6.09 Å². The summed E-state index contributed by atoms with van der Waals surface area (Å²) >= 11 is 0. The van der Waals surface area contributed by atoms with E-state index in [1.165, 1.54) is 12.8 Å². The van der Waals surface area contributed by atoms with Crippen molar-refractivity contribution in [3.05, 3.63) is 0 Å². The summed E-state index contributed by atoms with van der Waals surface area (Å²) in [6.07, 6.45) is 4.74. The number of amides is 1. The molecule has 3 aliphatic rings. The molecule has 23 heavy (non-hydrogen) atoms. The highest BCUT2D eigenvalue weighted by Crippen LogP contribution is 2.42. The molecule has 3 heterocycles. The van der Waals surface area contributed by atoms with Crippen molar-refractivity contribution in [3.63, 3.8) is 0 Å². The first-order valence-electron chi connectivity index (χ1n) is 8.98. The zero-order chi connectivity index (χ0) is 16.3. The summed E-state index contributed by atoms with van der Waals surface area (Å²) in [6, 6.07) is 0.346. The minimum atomic E-state index is -0.191. The molecule has 0 aromatic rings. The molecule has 0 aromatic carbocycles. The Kier molecular flexibility index (Phi) is 5.44. The number of hydrogen-bond donors (Lipinski definition) is 0. The molecule has 0 aliphatic carbocycles. The Morgan fingerprint density at radius 3 is 2.78 bits per heavy atom. The minimum Gasteiger partial charge on any atom is -0.448 e. The van der Waals surface area contributed by atoms with E-state index in [1.54, 1.807) is 4.90 Å². The lowest BCUT2D eigenvalue weighted by Crippen LogP contribution is -2.48. The Labute approximate surface area is 139 Å². The van der Waals surface area contributed by atoms with Crippen LogP contribution in [0.3, 0.4) is 0 Å². The van der Waals surface area contributed by atoms with Crippen molar-refractivity contribution < 1.29 is 19.0 Å². The van der Waals surface area contributed by atoms with Crippen molar-refractivity contribution in [1.29, 1.82) is 0 Å². The highest BCUT2D eigenvalue weighted by Gasteiger charge is 2.49. The SMILES string of the molecule is CC(C)OC[C@]12CCCN1C(COC(=O)N1CCOCC1)CC2. The van der Waals surface area contributed by atoms with E-state index in [-0.39, 0.29) is 17.7 Å². The third kappa shape index (κ3) is 3.80. The van der Waals surface area contributed by atoms with Crippen molar-refractivity contribution in [3.8, 4) is 0 Å². The summed E-state index contributed by atoms with van der Waals surface area (Å²) < 4.78 is 16.8. The third-order valence-electron chi connectivity index (χ3n) is 5.39. The lowest BCUT2D eigenvalue weighted by Gasteiger charge is -2.35. The van der Waals surface area contributed by atoms with Crippen LogP contribution in [0.5, 0.6) is 0 Å². The number of hydrogen-bond acceptors (Lipinski definition) is 5. The normalized spacial score (nSPS) is 31.6. The summed E-state index contributed by atoms with van der Waals surface area (Å²) in [5.41, 5.74) is 0.181. The first kappa shape index (κ1) is 17.0. The fourth-order valence-electron chi connectivity index (χ4n) is 4.12. The summed E-state index contributed by atoms with van der Waals surface area (Å²) in [7, 11) is 0. The second kappa shape index (κ2) is 7.36. The zero-order valence-electron chi connectivity index (χ0n) is 14.5. The van der Waals surface area contributed by atoms with Gasteiger partial charge >= 0.3 is 6.09 Å². The molecule has 1 unspecified atom stereocenters. The van der Waals surface area contributed by atoms with Crippen molar-refractivity contribution in [1.82, 2.24) is 9.80 Å². The van der Waals surface area contributed by atoms with Gasteiger partial charge in [-0.05, 0) is 46.1 Å². The molecular formula is C17H30N2O4. The molecule has 3 fully saturated rings. The highest BCUT2D eigenvalue weighted by atomic mass is 16.6. The average Bonchev–Trinajstić information content (AvgIpc) is 3.11. The van der Waals surface area contributed by atoms with Crippen LogP contribution >= 0.6 is 0 Å². The molecule has 0 spiro atoms. The Hall–Kier alpha value is -0.850. The first-order chi connectivity index (χ1) is 11.1. The van der Waals surface area contributed by atoms with Crippen LogP contribution in [-0.2, 0) is 14.2 Å². The number of rotatable bonds is 5. The largest absolute Gasteiger partial charge is 0.448 e.